The maximum absolute atomic E-state index is 13.3. The highest BCUT2D eigenvalue weighted by molar-refractivity contribution is 5.94. The normalized spacial score (nSPS) is 21.2. The number of aromatic nitrogens is 2. The number of halogens is 1. The van der Waals surface area contributed by atoms with Crippen LogP contribution in [0.4, 0.5) is 4.39 Å². The number of carbonyl (C=O) groups excluding carboxylic acids is 2. The Hall–Kier alpha value is -3.00. The molecule has 0 bridgehead atoms. The van der Waals surface area contributed by atoms with Gasteiger partial charge in [0.05, 0.1) is 6.54 Å². The number of rotatable bonds is 5. The average Bonchev–Trinajstić information content (AvgIpc) is 3.13. The van der Waals surface area contributed by atoms with Gasteiger partial charge in [-0.15, -0.1) is 0 Å². The minimum atomic E-state index is -0.275. The standard InChI is InChI=1S/C24H30FN5O2/c1-4-21(31)29-11-5-6-19(14-29)26-24(32)22-20-15-28(3)12-16(2)23(20)30(27-22)13-17-7-9-18(25)10-8-17/h4,7-10,16,19H,1,5-6,11-15H2,2-3H3,(H,26,32). The quantitative estimate of drug-likeness (QED) is 0.727. The van der Waals surface area contributed by atoms with E-state index in [1.54, 1.807) is 17.0 Å². The molecule has 2 amide bonds. The van der Waals surface area contributed by atoms with E-state index in [1.165, 1.54) is 18.2 Å². The Morgan fingerprint density at radius 2 is 2.03 bits per heavy atom. The highest BCUT2D eigenvalue weighted by atomic mass is 19.1. The molecule has 2 aliphatic heterocycles. The van der Waals surface area contributed by atoms with Gasteiger partial charge >= 0.3 is 0 Å². The zero-order valence-corrected chi connectivity index (χ0v) is 18.7. The van der Waals surface area contributed by atoms with Crippen LogP contribution in [0.15, 0.2) is 36.9 Å². The molecule has 0 saturated carbocycles. The fourth-order valence-corrected chi connectivity index (χ4v) is 4.85. The maximum Gasteiger partial charge on any atom is 0.272 e. The number of amides is 2. The van der Waals surface area contributed by atoms with Crippen LogP contribution in [0, 0.1) is 5.82 Å². The lowest BCUT2D eigenvalue weighted by atomic mass is 9.96. The first-order chi connectivity index (χ1) is 15.4. The first-order valence-corrected chi connectivity index (χ1v) is 11.1. The summed E-state index contributed by atoms with van der Waals surface area (Å²) < 4.78 is 15.2. The number of fused-ring (bicyclic) bond motifs is 1. The summed E-state index contributed by atoms with van der Waals surface area (Å²) in [6.07, 6.45) is 2.97. The molecule has 0 spiro atoms. The second-order valence-electron chi connectivity index (χ2n) is 8.90. The van der Waals surface area contributed by atoms with Crippen molar-refractivity contribution >= 4 is 11.8 Å². The highest BCUT2D eigenvalue weighted by Gasteiger charge is 2.32. The summed E-state index contributed by atoms with van der Waals surface area (Å²) in [5, 5.41) is 7.82. The van der Waals surface area contributed by atoms with E-state index in [1.807, 2.05) is 11.7 Å². The van der Waals surface area contributed by atoms with Crippen LogP contribution in [0.1, 0.15) is 53.0 Å². The Morgan fingerprint density at radius 1 is 1.28 bits per heavy atom. The van der Waals surface area contributed by atoms with Gasteiger partial charge in [0.1, 0.15) is 5.82 Å². The zero-order valence-electron chi connectivity index (χ0n) is 18.7. The number of piperidine rings is 1. The summed E-state index contributed by atoms with van der Waals surface area (Å²) in [6.45, 7) is 8.86. The van der Waals surface area contributed by atoms with E-state index in [0.717, 1.165) is 36.2 Å². The van der Waals surface area contributed by atoms with E-state index >= 15 is 0 Å². The monoisotopic (exact) mass is 439 g/mol. The SMILES string of the molecule is C=CC(=O)N1CCCC(NC(=O)c2nn(Cc3ccc(F)cc3)c3c2CN(C)CC3C)C1. The third-order valence-electron chi connectivity index (χ3n) is 6.28. The second-order valence-corrected chi connectivity index (χ2v) is 8.90. The van der Waals surface area contributed by atoms with Crippen molar-refractivity contribution in [3.8, 4) is 0 Å². The Balaban J connectivity index is 1.59. The molecule has 7 nitrogen and oxygen atoms in total. The molecule has 0 aliphatic carbocycles. The lowest BCUT2D eigenvalue weighted by Gasteiger charge is -2.32. The number of benzene rings is 1. The summed E-state index contributed by atoms with van der Waals surface area (Å²) in [5.41, 5.74) is 3.37. The summed E-state index contributed by atoms with van der Waals surface area (Å²) >= 11 is 0. The lowest BCUT2D eigenvalue weighted by molar-refractivity contribution is -0.127. The molecule has 1 fully saturated rings. The molecule has 2 atom stereocenters. The first kappa shape index (κ1) is 22.2. The smallest absolute Gasteiger partial charge is 0.272 e. The van der Waals surface area contributed by atoms with E-state index in [9.17, 15) is 14.0 Å². The van der Waals surface area contributed by atoms with Gasteiger partial charge in [-0.2, -0.15) is 5.10 Å². The lowest BCUT2D eigenvalue weighted by Crippen LogP contribution is -2.49. The van der Waals surface area contributed by atoms with Crippen LogP contribution >= 0.6 is 0 Å². The van der Waals surface area contributed by atoms with Gasteiger partial charge in [-0.25, -0.2) is 4.39 Å². The van der Waals surface area contributed by atoms with Gasteiger partial charge in [0, 0.05) is 49.4 Å². The minimum absolute atomic E-state index is 0.111. The molecule has 32 heavy (non-hydrogen) atoms. The fraction of sp³-hybridized carbons (Fsp3) is 0.458. The predicted molar refractivity (Wildman–Crippen MR) is 120 cm³/mol. The van der Waals surface area contributed by atoms with Crippen molar-refractivity contribution in [3.63, 3.8) is 0 Å². The third-order valence-corrected chi connectivity index (χ3v) is 6.28. The molecule has 1 saturated heterocycles. The van der Waals surface area contributed by atoms with Crippen LogP contribution < -0.4 is 5.32 Å². The summed E-state index contributed by atoms with van der Waals surface area (Å²) in [5.74, 6) is -0.378. The zero-order chi connectivity index (χ0) is 22.8. The van der Waals surface area contributed by atoms with E-state index < -0.39 is 0 Å². The number of hydrogen-bond donors (Lipinski definition) is 1. The molecular formula is C24H30FN5O2. The van der Waals surface area contributed by atoms with Crippen molar-refractivity contribution in [1.82, 2.24) is 24.9 Å². The molecule has 2 aromatic rings. The molecule has 2 aliphatic rings. The molecule has 1 aromatic carbocycles. The number of likely N-dealkylation sites (tertiary alicyclic amines) is 1. The first-order valence-electron chi connectivity index (χ1n) is 11.1. The molecule has 3 heterocycles. The largest absolute Gasteiger partial charge is 0.346 e. The summed E-state index contributed by atoms with van der Waals surface area (Å²) in [6, 6.07) is 6.26. The van der Waals surface area contributed by atoms with Crippen molar-refractivity contribution in [1.29, 1.82) is 0 Å². The maximum atomic E-state index is 13.3. The van der Waals surface area contributed by atoms with Gasteiger partial charge in [-0.05, 0) is 43.7 Å². The highest BCUT2D eigenvalue weighted by Crippen LogP contribution is 2.30. The molecule has 4 rings (SSSR count). The van der Waals surface area contributed by atoms with Crippen LogP contribution in [0.25, 0.3) is 0 Å². The molecular weight excluding hydrogens is 409 g/mol. The van der Waals surface area contributed by atoms with Crippen LogP contribution in [-0.2, 0) is 17.9 Å². The van der Waals surface area contributed by atoms with Gasteiger partial charge in [0.25, 0.3) is 5.91 Å². The average molecular weight is 440 g/mol. The van der Waals surface area contributed by atoms with Crippen LogP contribution in [-0.4, -0.2) is 64.1 Å². The van der Waals surface area contributed by atoms with Crippen molar-refractivity contribution in [3.05, 3.63) is 65.3 Å². The van der Waals surface area contributed by atoms with E-state index in [-0.39, 0.29) is 29.6 Å². The molecule has 2 unspecified atom stereocenters. The molecule has 170 valence electrons. The van der Waals surface area contributed by atoms with Crippen LogP contribution in [0.3, 0.4) is 0 Å². The fourth-order valence-electron chi connectivity index (χ4n) is 4.85. The minimum Gasteiger partial charge on any atom is -0.346 e. The Kier molecular flexibility index (Phi) is 6.41. The van der Waals surface area contributed by atoms with Crippen LogP contribution in [0.2, 0.25) is 0 Å². The Bertz CT molecular complexity index is 1020. The third kappa shape index (κ3) is 4.60. The van der Waals surface area contributed by atoms with Crippen LogP contribution in [0.5, 0.6) is 0 Å². The topological polar surface area (TPSA) is 70.5 Å². The van der Waals surface area contributed by atoms with Gasteiger partial charge in [0.15, 0.2) is 5.69 Å². The van der Waals surface area contributed by atoms with Crippen molar-refractivity contribution in [2.75, 3.05) is 26.7 Å². The summed E-state index contributed by atoms with van der Waals surface area (Å²) in [4.78, 5) is 29.2. The number of hydrogen-bond acceptors (Lipinski definition) is 4. The molecule has 1 aromatic heterocycles. The van der Waals surface area contributed by atoms with Crippen molar-refractivity contribution < 1.29 is 14.0 Å². The Morgan fingerprint density at radius 3 is 2.75 bits per heavy atom. The molecule has 0 radical (unpaired) electrons. The van der Waals surface area contributed by atoms with Gasteiger partial charge in [-0.1, -0.05) is 25.6 Å². The van der Waals surface area contributed by atoms with Crippen molar-refractivity contribution in [2.45, 2.75) is 44.8 Å². The van der Waals surface area contributed by atoms with Gasteiger partial charge in [0.2, 0.25) is 5.91 Å². The van der Waals surface area contributed by atoms with E-state index in [0.29, 0.717) is 31.9 Å². The second kappa shape index (κ2) is 9.24. The number of nitrogens with one attached hydrogen (secondary N) is 1. The van der Waals surface area contributed by atoms with E-state index in [2.05, 4.69) is 23.7 Å². The summed E-state index contributed by atoms with van der Waals surface area (Å²) in [7, 11) is 2.04. The van der Waals surface area contributed by atoms with Gasteiger partial charge in [-0.3, -0.25) is 14.3 Å². The molecule has 1 N–H and O–H groups in total. The van der Waals surface area contributed by atoms with E-state index in [4.69, 9.17) is 5.10 Å². The number of nitrogens with zero attached hydrogens (tertiary/aromatic N) is 4. The Labute approximate surface area is 187 Å². The predicted octanol–water partition coefficient (Wildman–Crippen LogP) is 2.53. The van der Waals surface area contributed by atoms with Crippen molar-refractivity contribution in [2.24, 2.45) is 0 Å². The number of likely N-dealkylation sites (N-methyl/N-ethyl adjacent to an activating group) is 1. The van der Waals surface area contributed by atoms with Gasteiger partial charge < -0.3 is 15.1 Å². The number of carbonyl (C=O) groups is 2. The molecule has 8 heteroatoms.